The van der Waals surface area contributed by atoms with Crippen LogP contribution in [0.1, 0.15) is 22.9 Å². The molecule has 3 aromatic rings. The number of benzene rings is 2. The molecule has 2 aromatic carbocycles. The molecule has 1 atom stereocenters. The lowest BCUT2D eigenvalue weighted by Crippen LogP contribution is -2.29. The van der Waals surface area contributed by atoms with Crippen LogP contribution in [0.4, 0.5) is 4.39 Å². The van der Waals surface area contributed by atoms with Crippen molar-refractivity contribution in [3.63, 3.8) is 0 Å². The number of methoxy groups -OCH3 is 1. The first-order valence-corrected chi connectivity index (χ1v) is 9.58. The van der Waals surface area contributed by atoms with E-state index >= 15 is 0 Å². The average molecular weight is 418 g/mol. The Bertz CT molecular complexity index is 1140. The number of rotatable bonds is 5. The number of ether oxygens (including phenoxy) is 1. The van der Waals surface area contributed by atoms with Crippen molar-refractivity contribution in [2.45, 2.75) is 12.6 Å². The third kappa shape index (κ3) is 3.90. The first-order valence-electron chi connectivity index (χ1n) is 9.58. The summed E-state index contributed by atoms with van der Waals surface area (Å²) in [5.74, 6) is -1.65. The Kier molecular flexibility index (Phi) is 5.49. The van der Waals surface area contributed by atoms with Gasteiger partial charge in [-0.05, 0) is 54.1 Å². The van der Waals surface area contributed by atoms with Gasteiger partial charge in [-0.15, -0.1) is 0 Å². The fourth-order valence-electron chi connectivity index (χ4n) is 3.58. The molecule has 4 rings (SSSR count). The fourth-order valence-corrected chi connectivity index (χ4v) is 3.58. The minimum atomic E-state index is -0.881. The van der Waals surface area contributed by atoms with Crippen molar-refractivity contribution in [3.05, 3.63) is 101 Å². The predicted molar refractivity (Wildman–Crippen MR) is 111 cm³/mol. The molecule has 6 nitrogen and oxygen atoms in total. The third-order valence-electron chi connectivity index (χ3n) is 5.14. The molecule has 1 aliphatic rings. The van der Waals surface area contributed by atoms with E-state index in [1.54, 1.807) is 60.8 Å². The molecule has 0 spiro atoms. The summed E-state index contributed by atoms with van der Waals surface area (Å²) in [6.07, 6.45) is 1.56. The van der Waals surface area contributed by atoms with Crippen molar-refractivity contribution in [1.29, 1.82) is 0 Å². The number of likely N-dealkylation sites (tertiary alicyclic amines) is 1. The Morgan fingerprint density at radius 1 is 1.06 bits per heavy atom. The molecule has 1 N–H and O–H groups in total. The molecule has 0 aliphatic carbocycles. The Morgan fingerprint density at radius 2 is 1.77 bits per heavy atom. The van der Waals surface area contributed by atoms with E-state index in [-0.39, 0.29) is 17.9 Å². The molecule has 1 amide bonds. The molecule has 0 radical (unpaired) electrons. The van der Waals surface area contributed by atoms with Crippen LogP contribution in [0.2, 0.25) is 0 Å². The first kappa shape index (κ1) is 20.3. The number of halogens is 1. The maximum atomic E-state index is 13.3. The molecule has 31 heavy (non-hydrogen) atoms. The third-order valence-corrected chi connectivity index (χ3v) is 5.14. The lowest BCUT2D eigenvalue weighted by Gasteiger charge is -2.24. The van der Waals surface area contributed by atoms with Gasteiger partial charge in [0.1, 0.15) is 23.4 Å². The van der Waals surface area contributed by atoms with Crippen molar-refractivity contribution in [2.24, 2.45) is 0 Å². The maximum absolute atomic E-state index is 13.3. The molecular weight excluding hydrogens is 399 g/mol. The zero-order valence-electron chi connectivity index (χ0n) is 16.7. The maximum Gasteiger partial charge on any atom is 0.296 e. The predicted octanol–water partition coefficient (Wildman–Crippen LogP) is 3.85. The first-order chi connectivity index (χ1) is 15.0. The molecular formula is C24H19FN2O4. The number of ketones is 1. The number of pyridine rings is 1. The van der Waals surface area contributed by atoms with E-state index in [0.717, 1.165) is 0 Å². The normalized spacial score (nSPS) is 17.7. The SMILES string of the molecule is COc1ccc(/C(O)=C2/C(=O)C(=O)N(Cc3ccc(F)cc3)C2c2ccccn2)cc1. The quantitative estimate of drug-likeness (QED) is 0.387. The van der Waals surface area contributed by atoms with E-state index in [9.17, 15) is 19.1 Å². The number of aliphatic hydroxyl groups is 1. The molecule has 1 saturated heterocycles. The van der Waals surface area contributed by atoms with Crippen molar-refractivity contribution in [3.8, 4) is 5.75 Å². The number of aromatic nitrogens is 1. The van der Waals surface area contributed by atoms with Crippen LogP contribution in [0.5, 0.6) is 5.75 Å². The van der Waals surface area contributed by atoms with Gasteiger partial charge in [0.15, 0.2) is 0 Å². The molecule has 0 bridgehead atoms. The Labute approximate surface area is 178 Å². The second kappa shape index (κ2) is 8.39. The summed E-state index contributed by atoms with van der Waals surface area (Å²) in [6, 6.07) is 16.5. The van der Waals surface area contributed by atoms with Crippen LogP contribution in [0.3, 0.4) is 0 Å². The average Bonchev–Trinajstić information content (AvgIpc) is 3.05. The van der Waals surface area contributed by atoms with Gasteiger partial charge in [-0.2, -0.15) is 0 Å². The lowest BCUT2D eigenvalue weighted by atomic mass is 9.98. The van der Waals surface area contributed by atoms with Gasteiger partial charge in [-0.25, -0.2) is 4.39 Å². The number of nitrogens with zero attached hydrogens (tertiary/aromatic N) is 2. The van der Waals surface area contributed by atoms with Crippen LogP contribution in [0, 0.1) is 5.82 Å². The number of Topliss-reactive ketones (excluding diaryl/α,β-unsaturated/α-hetero) is 1. The van der Waals surface area contributed by atoms with Gasteiger partial charge in [-0.3, -0.25) is 14.6 Å². The van der Waals surface area contributed by atoms with E-state index in [0.29, 0.717) is 22.6 Å². The van der Waals surface area contributed by atoms with E-state index in [4.69, 9.17) is 4.74 Å². The summed E-state index contributed by atoms with van der Waals surface area (Å²) >= 11 is 0. The zero-order chi connectivity index (χ0) is 22.0. The van der Waals surface area contributed by atoms with Crippen molar-refractivity contribution in [2.75, 3.05) is 7.11 Å². The summed E-state index contributed by atoms with van der Waals surface area (Å²) in [4.78, 5) is 31.5. The van der Waals surface area contributed by atoms with Crippen LogP contribution in [-0.2, 0) is 16.1 Å². The fraction of sp³-hybridized carbons (Fsp3) is 0.125. The topological polar surface area (TPSA) is 79.7 Å². The van der Waals surface area contributed by atoms with Crippen molar-refractivity contribution in [1.82, 2.24) is 9.88 Å². The standard InChI is InChI=1S/C24H19FN2O4/c1-31-18-11-7-16(8-12-18)22(28)20-21(19-4-2-3-13-26-19)27(24(30)23(20)29)14-15-5-9-17(25)10-6-15/h2-13,21,28H,14H2,1H3/b22-20-. The van der Waals surface area contributed by atoms with Crippen LogP contribution in [0.25, 0.3) is 5.76 Å². The van der Waals surface area contributed by atoms with E-state index in [1.807, 2.05) is 0 Å². The number of aliphatic hydroxyl groups excluding tert-OH is 1. The Balaban J connectivity index is 1.81. The van der Waals surface area contributed by atoms with Crippen molar-refractivity contribution >= 4 is 17.4 Å². The van der Waals surface area contributed by atoms with Gasteiger partial charge in [0.25, 0.3) is 11.7 Å². The highest BCUT2D eigenvalue weighted by molar-refractivity contribution is 6.46. The highest BCUT2D eigenvalue weighted by Gasteiger charge is 2.46. The lowest BCUT2D eigenvalue weighted by molar-refractivity contribution is -0.140. The molecule has 1 aliphatic heterocycles. The van der Waals surface area contributed by atoms with E-state index in [2.05, 4.69) is 4.98 Å². The summed E-state index contributed by atoms with van der Waals surface area (Å²) < 4.78 is 18.4. The van der Waals surface area contributed by atoms with Gasteiger partial charge < -0.3 is 14.7 Å². The Hall–Kier alpha value is -4.00. The van der Waals surface area contributed by atoms with Crippen LogP contribution < -0.4 is 4.74 Å². The highest BCUT2D eigenvalue weighted by Crippen LogP contribution is 2.39. The van der Waals surface area contributed by atoms with Crippen molar-refractivity contribution < 1.29 is 23.8 Å². The molecule has 156 valence electrons. The number of hydrogen-bond acceptors (Lipinski definition) is 5. The van der Waals surface area contributed by atoms with Gasteiger partial charge in [-0.1, -0.05) is 18.2 Å². The van der Waals surface area contributed by atoms with Gasteiger partial charge in [0.05, 0.1) is 18.4 Å². The van der Waals surface area contributed by atoms with Crippen LogP contribution in [-0.4, -0.2) is 33.8 Å². The second-order valence-electron chi connectivity index (χ2n) is 7.04. The smallest absolute Gasteiger partial charge is 0.296 e. The van der Waals surface area contributed by atoms with Crippen LogP contribution >= 0.6 is 0 Å². The molecule has 1 aromatic heterocycles. The zero-order valence-corrected chi connectivity index (χ0v) is 16.7. The second-order valence-corrected chi connectivity index (χ2v) is 7.04. The van der Waals surface area contributed by atoms with Gasteiger partial charge >= 0.3 is 0 Å². The van der Waals surface area contributed by atoms with E-state index < -0.39 is 23.5 Å². The number of carbonyl (C=O) groups is 2. The molecule has 2 heterocycles. The van der Waals surface area contributed by atoms with Gasteiger partial charge in [0, 0.05) is 18.3 Å². The summed E-state index contributed by atoms with van der Waals surface area (Å²) in [7, 11) is 1.52. The summed E-state index contributed by atoms with van der Waals surface area (Å²) in [5, 5.41) is 11.0. The molecule has 1 unspecified atom stereocenters. The number of hydrogen-bond donors (Lipinski definition) is 1. The number of amides is 1. The monoisotopic (exact) mass is 418 g/mol. The minimum Gasteiger partial charge on any atom is -0.507 e. The Morgan fingerprint density at radius 3 is 2.39 bits per heavy atom. The van der Waals surface area contributed by atoms with Crippen LogP contribution in [0.15, 0.2) is 78.5 Å². The molecule has 1 fully saturated rings. The van der Waals surface area contributed by atoms with E-state index in [1.165, 1.54) is 24.1 Å². The molecule has 0 saturated carbocycles. The summed E-state index contributed by atoms with van der Waals surface area (Å²) in [5.41, 5.74) is 1.42. The largest absolute Gasteiger partial charge is 0.507 e. The molecule has 7 heteroatoms. The highest BCUT2D eigenvalue weighted by atomic mass is 19.1. The minimum absolute atomic E-state index is 0.0454. The van der Waals surface area contributed by atoms with Gasteiger partial charge in [0.2, 0.25) is 0 Å². The summed E-state index contributed by atoms with van der Waals surface area (Å²) in [6.45, 7) is 0.0610. The number of carbonyl (C=O) groups excluding carboxylic acids is 2.